The number of imidazole rings is 1. The minimum absolute atomic E-state index is 0.113. The number of anilines is 1. The molecule has 0 bridgehead atoms. The largest absolute Gasteiger partial charge is 0.332 e. The van der Waals surface area contributed by atoms with E-state index in [2.05, 4.69) is 15.3 Å². The number of pyridine rings is 1. The van der Waals surface area contributed by atoms with Crippen LogP contribution in [0.25, 0.3) is 23.3 Å². The van der Waals surface area contributed by atoms with Gasteiger partial charge in [-0.1, -0.05) is 24.3 Å². The summed E-state index contributed by atoms with van der Waals surface area (Å²) >= 11 is 0. The van der Waals surface area contributed by atoms with Crippen LogP contribution < -0.4 is 16.6 Å². The lowest BCUT2D eigenvalue weighted by molar-refractivity contribution is -0.116. The number of benzene rings is 1. The van der Waals surface area contributed by atoms with Crippen molar-refractivity contribution in [2.45, 2.75) is 6.54 Å². The van der Waals surface area contributed by atoms with E-state index in [1.807, 2.05) is 48.6 Å². The van der Waals surface area contributed by atoms with Gasteiger partial charge in [0.15, 0.2) is 11.2 Å². The van der Waals surface area contributed by atoms with Gasteiger partial charge in [-0.05, 0) is 35.9 Å². The monoisotopic (exact) mass is 416 g/mol. The predicted octanol–water partition coefficient (Wildman–Crippen LogP) is 1.64. The van der Waals surface area contributed by atoms with E-state index in [4.69, 9.17) is 0 Å². The number of nitrogens with zero attached hydrogens (tertiary/aromatic N) is 5. The number of aryl methyl sites for hydroxylation is 1. The fourth-order valence-corrected chi connectivity index (χ4v) is 3.25. The topological polar surface area (TPSA) is 104 Å². The van der Waals surface area contributed by atoms with E-state index in [0.29, 0.717) is 5.69 Å². The quantitative estimate of drug-likeness (QED) is 0.533. The Labute approximate surface area is 176 Å². The lowest BCUT2D eigenvalue weighted by Gasteiger charge is -2.08. The van der Waals surface area contributed by atoms with E-state index in [-0.39, 0.29) is 23.6 Å². The van der Waals surface area contributed by atoms with Crippen LogP contribution in [0.15, 0.2) is 64.6 Å². The third kappa shape index (κ3) is 4.06. The zero-order valence-corrected chi connectivity index (χ0v) is 17.0. The van der Waals surface area contributed by atoms with E-state index < -0.39 is 11.2 Å². The molecule has 0 saturated carbocycles. The van der Waals surface area contributed by atoms with Crippen LogP contribution in [0.4, 0.5) is 5.69 Å². The maximum Gasteiger partial charge on any atom is 0.332 e. The molecular weight excluding hydrogens is 396 g/mol. The molecular formula is C22H20N6O3. The second-order valence-electron chi connectivity index (χ2n) is 7.01. The Bertz CT molecular complexity index is 1410. The molecule has 0 saturated heterocycles. The average Bonchev–Trinajstić information content (AvgIpc) is 3.19. The molecule has 0 aliphatic heterocycles. The van der Waals surface area contributed by atoms with Crippen molar-refractivity contribution in [3.05, 3.63) is 87.1 Å². The number of hydrogen-bond acceptors (Lipinski definition) is 5. The molecule has 156 valence electrons. The predicted molar refractivity (Wildman–Crippen MR) is 118 cm³/mol. The molecule has 0 spiro atoms. The number of nitrogens with one attached hydrogen (secondary N) is 1. The second kappa shape index (κ2) is 8.23. The molecule has 4 rings (SSSR count). The van der Waals surface area contributed by atoms with Crippen LogP contribution in [0, 0.1) is 0 Å². The van der Waals surface area contributed by atoms with Crippen LogP contribution in [0.5, 0.6) is 0 Å². The van der Waals surface area contributed by atoms with Gasteiger partial charge in [-0.2, -0.15) is 0 Å². The molecule has 9 heteroatoms. The smallest absolute Gasteiger partial charge is 0.325 e. The summed E-state index contributed by atoms with van der Waals surface area (Å²) in [7, 11) is 2.93. The first-order chi connectivity index (χ1) is 14.9. The first kappa shape index (κ1) is 20.0. The minimum atomic E-state index is -0.495. The van der Waals surface area contributed by atoms with Gasteiger partial charge in [0.25, 0.3) is 5.56 Å². The Morgan fingerprint density at radius 1 is 1.03 bits per heavy atom. The SMILES string of the molecule is Cn1c(=O)c2c(ncn2CC(=O)Nc2cccc(C=Cc3ccccn3)c2)n(C)c1=O. The molecule has 1 N–H and O–H groups in total. The first-order valence-electron chi connectivity index (χ1n) is 9.54. The maximum absolute atomic E-state index is 12.6. The van der Waals surface area contributed by atoms with E-state index in [1.54, 1.807) is 12.3 Å². The summed E-state index contributed by atoms with van der Waals surface area (Å²) in [5.74, 6) is -0.318. The van der Waals surface area contributed by atoms with Gasteiger partial charge in [0.1, 0.15) is 6.54 Å². The molecule has 0 atom stereocenters. The highest BCUT2D eigenvalue weighted by molar-refractivity contribution is 5.91. The van der Waals surface area contributed by atoms with Crippen molar-refractivity contribution in [2.24, 2.45) is 14.1 Å². The number of carbonyl (C=O) groups is 1. The van der Waals surface area contributed by atoms with E-state index >= 15 is 0 Å². The van der Waals surface area contributed by atoms with Crippen LogP contribution in [0.3, 0.4) is 0 Å². The molecule has 0 radical (unpaired) electrons. The fraction of sp³-hybridized carbons (Fsp3) is 0.136. The molecule has 0 aliphatic carbocycles. The average molecular weight is 416 g/mol. The Morgan fingerprint density at radius 2 is 1.87 bits per heavy atom. The summed E-state index contributed by atoms with van der Waals surface area (Å²) in [6.07, 6.45) is 6.91. The molecule has 9 nitrogen and oxygen atoms in total. The van der Waals surface area contributed by atoms with Crippen molar-refractivity contribution >= 4 is 34.9 Å². The van der Waals surface area contributed by atoms with Gasteiger partial charge in [0, 0.05) is 26.0 Å². The van der Waals surface area contributed by atoms with Crippen molar-refractivity contribution in [1.82, 2.24) is 23.7 Å². The number of carbonyl (C=O) groups excluding carboxylic acids is 1. The Hall–Kier alpha value is -4.27. The number of fused-ring (bicyclic) bond motifs is 1. The lowest BCUT2D eigenvalue weighted by atomic mass is 10.1. The van der Waals surface area contributed by atoms with Crippen molar-refractivity contribution < 1.29 is 4.79 Å². The molecule has 0 unspecified atom stereocenters. The molecule has 3 aromatic heterocycles. The minimum Gasteiger partial charge on any atom is -0.325 e. The summed E-state index contributed by atoms with van der Waals surface area (Å²) in [5, 5.41) is 2.83. The van der Waals surface area contributed by atoms with E-state index in [1.165, 1.54) is 29.6 Å². The van der Waals surface area contributed by atoms with Gasteiger partial charge < -0.3 is 9.88 Å². The van der Waals surface area contributed by atoms with Gasteiger partial charge in [0.05, 0.1) is 12.0 Å². The second-order valence-corrected chi connectivity index (χ2v) is 7.01. The first-order valence-corrected chi connectivity index (χ1v) is 9.54. The highest BCUT2D eigenvalue weighted by Crippen LogP contribution is 2.14. The number of rotatable bonds is 5. The van der Waals surface area contributed by atoms with Crippen molar-refractivity contribution in [1.29, 1.82) is 0 Å². The number of hydrogen-bond donors (Lipinski definition) is 1. The van der Waals surface area contributed by atoms with Crippen LogP contribution in [0.1, 0.15) is 11.3 Å². The normalized spacial score (nSPS) is 11.3. The van der Waals surface area contributed by atoms with Gasteiger partial charge in [0.2, 0.25) is 5.91 Å². The molecule has 3 heterocycles. The summed E-state index contributed by atoms with van der Waals surface area (Å²) in [6.45, 7) is -0.113. The molecule has 0 aliphatic rings. The van der Waals surface area contributed by atoms with E-state index in [9.17, 15) is 14.4 Å². The number of aromatic nitrogens is 5. The van der Waals surface area contributed by atoms with Crippen molar-refractivity contribution in [2.75, 3.05) is 5.32 Å². The van der Waals surface area contributed by atoms with Crippen LogP contribution in [0.2, 0.25) is 0 Å². The molecule has 1 aromatic carbocycles. The number of amides is 1. The standard InChI is InChI=1S/C22H20N6O3/c1-26-20-19(21(30)27(2)22(26)31)28(14-24-20)13-18(29)25-17-8-5-6-15(12-17)9-10-16-7-3-4-11-23-16/h3-12,14H,13H2,1-2H3,(H,25,29). The van der Waals surface area contributed by atoms with Crippen LogP contribution in [-0.2, 0) is 25.4 Å². The summed E-state index contributed by atoms with van der Waals surface area (Å²) in [4.78, 5) is 45.5. The maximum atomic E-state index is 12.6. The van der Waals surface area contributed by atoms with Gasteiger partial charge >= 0.3 is 5.69 Å². The molecule has 31 heavy (non-hydrogen) atoms. The highest BCUT2D eigenvalue weighted by atomic mass is 16.2. The zero-order valence-electron chi connectivity index (χ0n) is 17.0. The van der Waals surface area contributed by atoms with Crippen molar-refractivity contribution in [3.8, 4) is 0 Å². The van der Waals surface area contributed by atoms with Gasteiger partial charge in [-0.3, -0.25) is 23.7 Å². The van der Waals surface area contributed by atoms with Crippen LogP contribution >= 0.6 is 0 Å². The highest BCUT2D eigenvalue weighted by Gasteiger charge is 2.16. The molecule has 4 aromatic rings. The fourth-order valence-electron chi connectivity index (χ4n) is 3.25. The van der Waals surface area contributed by atoms with E-state index in [0.717, 1.165) is 15.8 Å². The van der Waals surface area contributed by atoms with Crippen LogP contribution in [-0.4, -0.2) is 29.6 Å². The van der Waals surface area contributed by atoms with Gasteiger partial charge in [-0.15, -0.1) is 0 Å². The molecule has 0 fully saturated rings. The summed E-state index contributed by atoms with van der Waals surface area (Å²) in [5.41, 5.74) is 1.83. The third-order valence-electron chi connectivity index (χ3n) is 4.84. The summed E-state index contributed by atoms with van der Waals surface area (Å²) in [6, 6.07) is 13.0. The Kier molecular flexibility index (Phi) is 5.31. The molecule has 1 amide bonds. The van der Waals surface area contributed by atoms with Crippen molar-refractivity contribution in [3.63, 3.8) is 0 Å². The zero-order chi connectivity index (χ0) is 22.0. The Balaban J connectivity index is 1.53. The lowest BCUT2D eigenvalue weighted by Crippen LogP contribution is -2.37. The third-order valence-corrected chi connectivity index (χ3v) is 4.84. The Morgan fingerprint density at radius 3 is 2.65 bits per heavy atom. The summed E-state index contributed by atoms with van der Waals surface area (Å²) < 4.78 is 3.72. The van der Waals surface area contributed by atoms with Gasteiger partial charge in [-0.25, -0.2) is 9.78 Å².